The number of carbonyl (C=O) groups is 4. The number of unbranched alkanes of at least 4 members (excludes halogenated alkanes) is 33. The van der Waals surface area contributed by atoms with E-state index in [0.717, 1.165) is 102 Å². The van der Waals surface area contributed by atoms with Gasteiger partial charge in [0.15, 0.2) is 12.2 Å². The summed E-state index contributed by atoms with van der Waals surface area (Å²) < 4.78 is 68.1. The number of hydrogen-bond donors (Lipinski definition) is 3. The first-order valence-corrected chi connectivity index (χ1v) is 38.4. The number of carbonyl (C=O) groups excluding carboxylic acids is 4. The van der Waals surface area contributed by atoms with Gasteiger partial charge in [0.25, 0.3) is 0 Å². The Bertz CT molecular complexity index is 1720. The third-order valence-electron chi connectivity index (χ3n) is 16.0. The lowest BCUT2D eigenvalue weighted by Gasteiger charge is -2.21. The fraction of sp³-hybridized carbons (Fsp3) is 0.941. The molecule has 3 N–H and O–H groups in total. The van der Waals surface area contributed by atoms with Crippen molar-refractivity contribution in [1.29, 1.82) is 0 Å². The molecule has 0 spiro atoms. The Labute approximate surface area is 530 Å². The molecule has 0 heterocycles. The molecule has 0 saturated carbocycles. The Morgan fingerprint density at radius 3 is 0.874 bits per heavy atom. The molecule has 0 radical (unpaired) electrons. The van der Waals surface area contributed by atoms with Crippen molar-refractivity contribution in [3.63, 3.8) is 0 Å². The molecule has 0 rings (SSSR count). The van der Waals surface area contributed by atoms with Crippen molar-refractivity contribution in [2.24, 2.45) is 17.8 Å². The van der Waals surface area contributed by atoms with Crippen LogP contribution >= 0.6 is 15.6 Å². The second kappa shape index (κ2) is 59.1. The third kappa shape index (κ3) is 61.3. The van der Waals surface area contributed by atoms with E-state index >= 15 is 0 Å². The summed E-state index contributed by atoms with van der Waals surface area (Å²) in [6.45, 7) is 11.8. The van der Waals surface area contributed by atoms with Gasteiger partial charge in [-0.1, -0.05) is 286 Å². The first-order chi connectivity index (χ1) is 41.8. The highest BCUT2D eigenvalue weighted by molar-refractivity contribution is 7.47. The van der Waals surface area contributed by atoms with Gasteiger partial charge in [0.1, 0.15) is 19.3 Å². The molecule has 87 heavy (non-hydrogen) atoms. The second-order valence-electron chi connectivity index (χ2n) is 25.8. The van der Waals surface area contributed by atoms with E-state index in [-0.39, 0.29) is 25.7 Å². The van der Waals surface area contributed by atoms with Gasteiger partial charge >= 0.3 is 39.5 Å². The normalized spacial score (nSPS) is 14.6. The van der Waals surface area contributed by atoms with Crippen LogP contribution in [0.3, 0.4) is 0 Å². The van der Waals surface area contributed by atoms with Crippen molar-refractivity contribution >= 4 is 39.5 Å². The lowest BCUT2D eigenvalue weighted by atomic mass is 9.99. The van der Waals surface area contributed by atoms with Gasteiger partial charge in [-0.2, -0.15) is 0 Å². The monoisotopic (exact) mass is 1280 g/mol. The van der Waals surface area contributed by atoms with Gasteiger partial charge in [-0.05, 0) is 43.4 Å². The van der Waals surface area contributed by atoms with Crippen LogP contribution in [0.25, 0.3) is 0 Å². The number of aliphatic hydroxyl groups excluding tert-OH is 1. The molecule has 0 aliphatic carbocycles. The third-order valence-corrected chi connectivity index (χ3v) is 17.9. The van der Waals surface area contributed by atoms with Gasteiger partial charge in [0.2, 0.25) is 0 Å². The predicted molar refractivity (Wildman–Crippen MR) is 349 cm³/mol. The maximum Gasteiger partial charge on any atom is 0.472 e. The molecule has 0 aliphatic rings. The minimum Gasteiger partial charge on any atom is -0.462 e. The summed E-state index contributed by atoms with van der Waals surface area (Å²) in [6, 6.07) is 0. The van der Waals surface area contributed by atoms with Crippen molar-refractivity contribution in [2.45, 2.75) is 356 Å². The summed E-state index contributed by atoms with van der Waals surface area (Å²) in [5, 5.41) is 10.6. The second-order valence-corrected chi connectivity index (χ2v) is 28.7. The number of phosphoric acid groups is 2. The standard InChI is InChI=1S/C68H132O17P2/c1-8-10-11-12-13-19-28-35-42-49-65(70)78-56-64(85-68(73)52-45-38-31-24-26-33-40-47-60(5)6)58-83-87(76,77)81-54-62(69)53-80-86(74,75)82-57-63(55-79-66(71)50-43-36-29-23-22-27-34-41-48-61(7)9-2)84-67(72)51-44-37-30-21-18-16-14-15-17-20-25-32-39-46-59(3)4/h59-64,69H,8-58H2,1-7H3,(H,74,75)(H,76,77)/t61?,62-,63-,64-/m1/s1. The summed E-state index contributed by atoms with van der Waals surface area (Å²) in [7, 11) is -9.89. The summed E-state index contributed by atoms with van der Waals surface area (Å²) in [5.74, 6) is 0.128. The van der Waals surface area contributed by atoms with Crippen molar-refractivity contribution in [1.82, 2.24) is 0 Å². The smallest absolute Gasteiger partial charge is 0.462 e. The molecule has 0 aromatic rings. The van der Waals surface area contributed by atoms with Gasteiger partial charge in [-0.15, -0.1) is 0 Å². The molecule has 0 aliphatic heterocycles. The van der Waals surface area contributed by atoms with Crippen molar-refractivity contribution in [2.75, 3.05) is 39.6 Å². The Kier molecular flexibility index (Phi) is 57.8. The van der Waals surface area contributed by atoms with Crippen LogP contribution in [0.4, 0.5) is 0 Å². The van der Waals surface area contributed by atoms with Crippen molar-refractivity contribution in [3.8, 4) is 0 Å². The quantitative estimate of drug-likeness (QED) is 0.0222. The number of rotatable bonds is 66. The zero-order chi connectivity index (χ0) is 64.5. The van der Waals surface area contributed by atoms with E-state index in [0.29, 0.717) is 31.6 Å². The summed E-state index contributed by atoms with van der Waals surface area (Å²) in [5.41, 5.74) is 0. The van der Waals surface area contributed by atoms with Crippen LogP contribution in [0.1, 0.15) is 337 Å². The number of esters is 4. The molecule has 516 valence electrons. The molecule has 0 aromatic heterocycles. The maximum absolute atomic E-state index is 13.0. The maximum atomic E-state index is 13.0. The van der Waals surface area contributed by atoms with Crippen molar-refractivity contribution < 1.29 is 80.2 Å². The fourth-order valence-corrected chi connectivity index (χ4v) is 11.7. The summed E-state index contributed by atoms with van der Waals surface area (Å²) >= 11 is 0. The minimum atomic E-state index is -4.95. The zero-order valence-electron chi connectivity index (χ0n) is 56.5. The van der Waals surface area contributed by atoms with Gasteiger partial charge in [0.05, 0.1) is 26.4 Å². The van der Waals surface area contributed by atoms with E-state index in [1.165, 1.54) is 148 Å². The van der Waals surface area contributed by atoms with Crippen LogP contribution in [0.15, 0.2) is 0 Å². The number of phosphoric ester groups is 2. The largest absolute Gasteiger partial charge is 0.472 e. The molecule has 0 amide bonds. The molecule has 6 atom stereocenters. The Morgan fingerprint density at radius 2 is 0.586 bits per heavy atom. The van der Waals surface area contributed by atoms with Crippen LogP contribution in [-0.4, -0.2) is 96.7 Å². The average molecular weight is 1280 g/mol. The first kappa shape index (κ1) is 85.1. The lowest BCUT2D eigenvalue weighted by molar-refractivity contribution is -0.161. The van der Waals surface area contributed by atoms with Crippen LogP contribution in [-0.2, 0) is 65.4 Å². The predicted octanol–water partition coefficient (Wildman–Crippen LogP) is 19.1. The molecular formula is C68H132O17P2. The van der Waals surface area contributed by atoms with E-state index in [9.17, 15) is 43.2 Å². The molecular weight excluding hydrogens is 1150 g/mol. The molecule has 17 nitrogen and oxygen atoms in total. The van der Waals surface area contributed by atoms with Crippen LogP contribution in [0.5, 0.6) is 0 Å². The topological polar surface area (TPSA) is 237 Å². The van der Waals surface area contributed by atoms with Gasteiger partial charge < -0.3 is 33.8 Å². The highest BCUT2D eigenvalue weighted by Gasteiger charge is 2.30. The Hall–Kier alpha value is -1.94. The SMILES string of the molecule is CCCCCCCCCCCC(=O)OC[C@H](COP(=O)(O)OC[C@H](O)COP(=O)(O)OC[C@@H](COC(=O)CCCCCCCCCCC(C)CC)OC(=O)CCCCCCCCCCCCCCCC(C)C)OC(=O)CCCCCCCCCC(C)C. The highest BCUT2D eigenvalue weighted by atomic mass is 31.2. The van der Waals surface area contributed by atoms with E-state index in [1.807, 2.05) is 0 Å². The lowest BCUT2D eigenvalue weighted by Crippen LogP contribution is -2.30. The Morgan fingerprint density at radius 1 is 0.333 bits per heavy atom. The number of ether oxygens (including phenoxy) is 4. The average Bonchev–Trinajstić information content (AvgIpc) is 3.64. The van der Waals surface area contributed by atoms with Crippen LogP contribution in [0.2, 0.25) is 0 Å². The van der Waals surface area contributed by atoms with Crippen LogP contribution in [0, 0.1) is 17.8 Å². The van der Waals surface area contributed by atoms with E-state index in [1.54, 1.807) is 0 Å². The van der Waals surface area contributed by atoms with Gasteiger partial charge in [-0.25, -0.2) is 9.13 Å². The zero-order valence-corrected chi connectivity index (χ0v) is 58.3. The Balaban J connectivity index is 5.24. The molecule has 19 heteroatoms. The molecule has 0 fully saturated rings. The van der Waals surface area contributed by atoms with Crippen LogP contribution < -0.4 is 0 Å². The van der Waals surface area contributed by atoms with E-state index in [4.69, 9.17) is 37.0 Å². The summed E-state index contributed by atoms with van der Waals surface area (Å²) in [6.07, 6.45) is 41.7. The molecule has 0 bridgehead atoms. The summed E-state index contributed by atoms with van der Waals surface area (Å²) in [4.78, 5) is 72.4. The molecule has 3 unspecified atom stereocenters. The highest BCUT2D eigenvalue weighted by Crippen LogP contribution is 2.45. The van der Waals surface area contributed by atoms with E-state index < -0.39 is 97.5 Å². The molecule has 0 saturated heterocycles. The van der Waals surface area contributed by atoms with E-state index in [2.05, 4.69) is 48.5 Å². The van der Waals surface area contributed by atoms with Gasteiger partial charge in [-0.3, -0.25) is 37.3 Å². The van der Waals surface area contributed by atoms with Gasteiger partial charge in [0, 0.05) is 25.7 Å². The van der Waals surface area contributed by atoms with Crippen molar-refractivity contribution in [3.05, 3.63) is 0 Å². The minimum absolute atomic E-state index is 0.103. The first-order valence-electron chi connectivity index (χ1n) is 35.4. The molecule has 0 aromatic carbocycles. The number of aliphatic hydroxyl groups is 1. The fourth-order valence-electron chi connectivity index (χ4n) is 10.2. The number of hydrogen-bond acceptors (Lipinski definition) is 15.